The van der Waals surface area contributed by atoms with Gasteiger partial charge in [-0.2, -0.15) is 0 Å². The van der Waals surface area contributed by atoms with Gasteiger partial charge in [0, 0.05) is 36.7 Å². The van der Waals surface area contributed by atoms with Crippen molar-refractivity contribution in [1.29, 1.82) is 0 Å². The zero-order valence-electron chi connectivity index (χ0n) is 18.6. The molecule has 2 N–H and O–H groups in total. The normalized spacial score (nSPS) is 10.5. The van der Waals surface area contributed by atoms with Gasteiger partial charge in [0.15, 0.2) is 5.13 Å². The summed E-state index contributed by atoms with van der Waals surface area (Å²) in [5.41, 5.74) is 2.80. The number of thiazole rings is 1. The number of carbonyl (C=O) groups excluding carboxylic acids is 3. The standard InChI is InChI=1S/C25H28N4O3S/c1-2-20-10-6-7-11-21(20)29(18-23(31)26-15-14-19-8-4-3-5-9-19)24(32)13-12-22(30)28-25-27-16-17-33-25/h3-11,16-17H,2,12-15,18H2,1H3,(H,26,31)(H,27,28,30). The summed E-state index contributed by atoms with van der Waals surface area (Å²) in [5, 5.41) is 7.84. The predicted molar refractivity (Wildman–Crippen MR) is 131 cm³/mol. The van der Waals surface area contributed by atoms with Crippen LogP contribution in [0.5, 0.6) is 0 Å². The summed E-state index contributed by atoms with van der Waals surface area (Å²) < 4.78 is 0. The lowest BCUT2D eigenvalue weighted by Crippen LogP contribution is -2.42. The average molecular weight is 465 g/mol. The lowest BCUT2D eigenvalue weighted by Gasteiger charge is -2.25. The first kappa shape index (κ1) is 24.1. The molecule has 0 unspecified atom stereocenters. The fourth-order valence-electron chi connectivity index (χ4n) is 3.39. The second-order valence-electron chi connectivity index (χ2n) is 7.43. The number of amides is 3. The SMILES string of the molecule is CCc1ccccc1N(CC(=O)NCCc1ccccc1)C(=O)CCC(=O)Nc1nccs1. The first-order valence-corrected chi connectivity index (χ1v) is 11.8. The van der Waals surface area contributed by atoms with E-state index in [2.05, 4.69) is 15.6 Å². The molecule has 0 saturated heterocycles. The van der Waals surface area contributed by atoms with Gasteiger partial charge in [0.2, 0.25) is 17.7 Å². The number of anilines is 2. The number of hydrogen-bond acceptors (Lipinski definition) is 5. The zero-order chi connectivity index (χ0) is 23.5. The molecule has 0 saturated carbocycles. The maximum atomic E-state index is 13.1. The Morgan fingerprint density at radius 2 is 1.73 bits per heavy atom. The van der Waals surface area contributed by atoms with E-state index in [-0.39, 0.29) is 37.1 Å². The molecule has 0 aliphatic heterocycles. The molecule has 0 spiro atoms. The molecule has 1 heterocycles. The van der Waals surface area contributed by atoms with Crippen molar-refractivity contribution < 1.29 is 14.4 Å². The number of nitrogens with zero attached hydrogens (tertiary/aromatic N) is 2. The highest BCUT2D eigenvalue weighted by molar-refractivity contribution is 7.13. The number of rotatable bonds is 11. The summed E-state index contributed by atoms with van der Waals surface area (Å²) in [6.45, 7) is 2.39. The Morgan fingerprint density at radius 3 is 2.45 bits per heavy atom. The number of benzene rings is 2. The van der Waals surface area contributed by atoms with Gasteiger partial charge in [-0.05, 0) is 30.0 Å². The van der Waals surface area contributed by atoms with Crippen molar-refractivity contribution in [2.45, 2.75) is 32.6 Å². The van der Waals surface area contributed by atoms with Crippen LogP contribution >= 0.6 is 11.3 Å². The highest BCUT2D eigenvalue weighted by Gasteiger charge is 2.22. The Labute approximate surface area is 197 Å². The van der Waals surface area contributed by atoms with Crippen molar-refractivity contribution >= 4 is 39.9 Å². The van der Waals surface area contributed by atoms with Crippen LogP contribution in [-0.2, 0) is 27.2 Å². The highest BCUT2D eigenvalue weighted by Crippen LogP contribution is 2.22. The minimum Gasteiger partial charge on any atom is -0.354 e. The molecular formula is C25H28N4O3S. The first-order valence-electron chi connectivity index (χ1n) is 10.9. The van der Waals surface area contributed by atoms with Gasteiger partial charge < -0.3 is 15.5 Å². The van der Waals surface area contributed by atoms with Crippen molar-refractivity contribution in [2.24, 2.45) is 0 Å². The van der Waals surface area contributed by atoms with E-state index in [0.717, 1.165) is 17.5 Å². The summed E-state index contributed by atoms with van der Waals surface area (Å²) in [5.74, 6) is -0.796. The molecule has 0 bridgehead atoms. The molecule has 0 aliphatic rings. The summed E-state index contributed by atoms with van der Waals surface area (Å²) in [7, 11) is 0. The number of para-hydroxylation sites is 1. The molecule has 3 aromatic rings. The molecule has 33 heavy (non-hydrogen) atoms. The minimum absolute atomic E-state index is 0.00739. The number of carbonyl (C=O) groups is 3. The van der Waals surface area contributed by atoms with Gasteiger partial charge in [0.05, 0.1) is 0 Å². The highest BCUT2D eigenvalue weighted by atomic mass is 32.1. The van der Waals surface area contributed by atoms with E-state index >= 15 is 0 Å². The smallest absolute Gasteiger partial charge is 0.240 e. The Kier molecular flexibility index (Phi) is 9.14. The van der Waals surface area contributed by atoms with Crippen LogP contribution in [-0.4, -0.2) is 35.8 Å². The number of nitrogens with one attached hydrogen (secondary N) is 2. The molecule has 0 fully saturated rings. The Hall–Kier alpha value is -3.52. The first-order chi connectivity index (χ1) is 16.1. The van der Waals surface area contributed by atoms with Crippen molar-refractivity contribution in [3.8, 4) is 0 Å². The monoisotopic (exact) mass is 464 g/mol. The molecule has 0 atom stereocenters. The van der Waals surface area contributed by atoms with E-state index in [1.807, 2.05) is 61.5 Å². The molecule has 0 aliphatic carbocycles. The van der Waals surface area contributed by atoms with Crippen molar-refractivity contribution in [3.05, 3.63) is 77.3 Å². The molecule has 3 amide bonds. The molecule has 3 rings (SSSR count). The van der Waals surface area contributed by atoms with E-state index in [1.54, 1.807) is 11.6 Å². The third-order valence-electron chi connectivity index (χ3n) is 5.09. The zero-order valence-corrected chi connectivity index (χ0v) is 19.4. The largest absolute Gasteiger partial charge is 0.354 e. The average Bonchev–Trinajstić information content (AvgIpc) is 3.34. The Balaban J connectivity index is 1.62. The quantitative estimate of drug-likeness (QED) is 0.451. The van der Waals surface area contributed by atoms with Gasteiger partial charge in [0.25, 0.3) is 0 Å². The molecule has 1 aromatic heterocycles. The Morgan fingerprint density at radius 1 is 0.970 bits per heavy atom. The third kappa shape index (κ3) is 7.54. The summed E-state index contributed by atoms with van der Waals surface area (Å²) in [6, 6.07) is 17.4. The lowest BCUT2D eigenvalue weighted by molar-refractivity contribution is -0.125. The van der Waals surface area contributed by atoms with Crippen molar-refractivity contribution in [1.82, 2.24) is 10.3 Å². The van der Waals surface area contributed by atoms with Crippen LogP contribution in [0.4, 0.5) is 10.8 Å². The number of aryl methyl sites for hydroxylation is 1. The van der Waals surface area contributed by atoms with E-state index in [9.17, 15) is 14.4 Å². The fraction of sp³-hybridized carbons (Fsp3) is 0.280. The molecule has 172 valence electrons. The second kappa shape index (κ2) is 12.5. The van der Waals surface area contributed by atoms with Crippen molar-refractivity contribution in [2.75, 3.05) is 23.3 Å². The van der Waals surface area contributed by atoms with Gasteiger partial charge in [-0.25, -0.2) is 4.98 Å². The van der Waals surface area contributed by atoms with Gasteiger partial charge in [-0.3, -0.25) is 14.4 Å². The van der Waals surface area contributed by atoms with Crippen LogP contribution in [0.2, 0.25) is 0 Å². The van der Waals surface area contributed by atoms with Gasteiger partial charge >= 0.3 is 0 Å². The van der Waals surface area contributed by atoms with Crippen LogP contribution < -0.4 is 15.5 Å². The summed E-state index contributed by atoms with van der Waals surface area (Å²) >= 11 is 1.32. The lowest BCUT2D eigenvalue weighted by atomic mass is 10.1. The van der Waals surface area contributed by atoms with E-state index in [0.29, 0.717) is 23.8 Å². The van der Waals surface area contributed by atoms with Gasteiger partial charge in [-0.1, -0.05) is 55.5 Å². The summed E-state index contributed by atoms with van der Waals surface area (Å²) in [6.07, 6.45) is 3.04. The van der Waals surface area contributed by atoms with Gasteiger partial charge in [-0.15, -0.1) is 11.3 Å². The Bertz CT molecular complexity index is 1050. The maximum Gasteiger partial charge on any atom is 0.240 e. The van der Waals surface area contributed by atoms with E-state index in [4.69, 9.17) is 0 Å². The van der Waals surface area contributed by atoms with E-state index < -0.39 is 0 Å². The van der Waals surface area contributed by atoms with E-state index in [1.165, 1.54) is 16.2 Å². The minimum atomic E-state index is -0.283. The van der Waals surface area contributed by atoms with Gasteiger partial charge in [0.1, 0.15) is 6.54 Å². The molecular weight excluding hydrogens is 436 g/mol. The van der Waals surface area contributed by atoms with Crippen molar-refractivity contribution in [3.63, 3.8) is 0 Å². The third-order valence-corrected chi connectivity index (χ3v) is 5.78. The predicted octanol–water partition coefficient (Wildman–Crippen LogP) is 3.82. The van der Waals surface area contributed by atoms with Crippen LogP contribution in [0.3, 0.4) is 0 Å². The summed E-state index contributed by atoms with van der Waals surface area (Å²) in [4.78, 5) is 43.5. The van der Waals surface area contributed by atoms with Crippen LogP contribution in [0.15, 0.2) is 66.2 Å². The molecule has 8 heteroatoms. The number of hydrogen-bond donors (Lipinski definition) is 2. The fourth-order valence-corrected chi connectivity index (χ4v) is 3.94. The van der Waals surface area contributed by atoms with Crippen LogP contribution in [0, 0.1) is 0 Å². The molecule has 7 nitrogen and oxygen atoms in total. The second-order valence-corrected chi connectivity index (χ2v) is 8.33. The molecule has 0 radical (unpaired) electrons. The maximum absolute atomic E-state index is 13.1. The number of aromatic nitrogens is 1. The topological polar surface area (TPSA) is 91.4 Å². The van der Waals surface area contributed by atoms with Crippen LogP contribution in [0.1, 0.15) is 30.9 Å². The molecule has 2 aromatic carbocycles. The van der Waals surface area contributed by atoms with Crippen LogP contribution in [0.25, 0.3) is 0 Å².